The highest BCUT2D eigenvalue weighted by atomic mass is 19.3. The number of rotatable bonds is 6. The fourth-order valence-corrected chi connectivity index (χ4v) is 1.41. The quantitative estimate of drug-likeness (QED) is 0.833. The average Bonchev–Trinajstić information content (AvgIpc) is 2.22. The van der Waals surface area contributed by atoms with Gasteiger partial charge in [0.15, 0.2) is 11.6 Å². The SMILES string of the molecule is CC(C)CNCc1cccc(F)c1OC(F)F. The van der Waals surface area contributed by atoms with Gasteiger partial charge in [0.2, 0.25) is 0 Å². The van der Waals surface area contributed by atoms with Gasteiger partial charge in [-0.05, 0) is 18.5 Å². The van der Waals surface area contributed by atoms with Crippen molar-refractivity contribution < 1.29 is 17.9 Å². The summed E-state index contributed by atoms with van der Waals surface area (Å²) in [6.07, 6.45) is 0. The van der Waals surface area contributed by atoms with Crippen LogP contribution in [0.4, 0.5) is 13.2 Å². The molecule has 0 spiro atoms. The van der Waals surface area contributed by atoms with Crippen molar-refractivity contribution in [3.63, 3.8) is 0 Å². The molecule has 0 bridgehead atoms. The second-order valence-corrected chi connectivity index (χ2v) is 4.13. The maximum atomic E-state index is 13.3. The minimum atomic E-state index is -3.02. The summed E-state index contributed by atoms with van der Waals surface area (Å²) in [6.45, 7) is 2.06. The van der Waals surface area contributed by atoms with E-state index in [9.17, 15) is 13.2 Å². The number of para-hydroxylation sites is 1. The lowest BCUT2D eigenvalue weighted by Gasteiger charge is -2.13. The van der Waals surface area contributed by atoms with Crippen molar-refractivity contribution in [2.75, 3.05) is 6.54 Å². The van der Waals surface area contributed by atoms with E-state index in [1.54, 1.807) is 6.07 Å². The van der Waals surface area contributed by atoms with E-state index in [2.05, 4.69) is 10.1 Å². The largest absolute Gasteiger partial charge is 0.431 e. The molecule has 2 nitrogen and oxygen atoms in total. The van der Waals surface area contributed by atoms with Crippen LogP contribution in [0.2, 0.25) is 0 Å². The Morgan fingerprint density at radius 3 is 2.59 bits per heavy atom. The Hall–Kier alpha value is -1.23. The lowest BCUT2D eigenvalue weighted by molar-refractivity contribution is -0.0528. The summed E-state index contributed by atoms with van der Waals surface area (Å²) < 4.78 is 41.7. The third kappa shape index (κ3) is 4.65. The molecule has 0 aliphatic carbocycles. The number of nitrogens with one attached hydrogen (secondary N) is 1. The molecule has 96 valence electrons. The van der Waals surface area contributed by atoms with E-state index < -0.39 is 12.4 Å². The zero-order chi connectivity index (χ0) is 12.8. The number of ether oxygens (including phenoxy) is 1. The molecule has 0 fully saturated rings. The first kappa shape index (κ1) is 13.8. The van der Waals surface area contributed by atoms with E-state index in [0.717, 1.165) is 12.6 Å². The van der Waals surface area contributed by atoms with Crippen LogP contribution in [-0.2, 0) is 6.54 Å². The summed E-state index contributed by atoms with van der Waals surface area (Å²) in [5.41, 5.74) is 0.394. The van der Waals surface area contributed by atoms with Gasteiger partial charge in [-0.1, -0.05) is 26.0 Å². The van der Waals surface area contributed by atoms with Crippen molar-refractivity contribution in [2.24, 2.45) is 5.92 Å². The molecular weight excluding hydrogens is 231 g/mol. The second-order valence-electron chi connectivity index (χ2n) is 4.13. The Morgan fingerprint density at radius 1 is 1.29 bits per heavy atom. The Morgan fingerprint density at radius 2 is 2.00 bits per heavy atom. The second kappa shape index (κ2) is 6.49. The minimum absolute atomic E-state index is 0.304. The highest BCUT2D eigenvalue weighted by molar-refractivity contribution is 5.34. The Bertz CT molecular complexity index is 356. The van der Waals surface area contributed by atoms with Crippen LogP contribution in [-0.4, -0.2) is 13.2 Å². The smallest absolute Gasteiger partial charge is 0.387 e. The van der Waals surface area contributed by atoms with Crippen LogP contribution in [0.25, 0.3) is 0 Å². The third-order valence-electron chi connectivity index (χ3n) is 2.12. The van der Waals surface area contributed by atoms with Gasteiger partial charge < -0.3 is 10.1 Å². The molecule has 0 radical (unpaired) electrons. The van der Waals surface area contributed by atoms with E-state index >= 15 is 0 Å². The third-order valence-corrected chi connectivity index (χ3v) is 2.12. The first-order valence-electron chi connectivity index (χ1n) is 5.43. The first-order chi connectivity index (χ1) is 8.00. The summed E-state index contributed by atoms with van der Waals surface area (Å²) in [5.74, 6) is -0.712. The number of hydrogen-bond donors (Lipinski definition) is 1. The maximum absolute atomic E-state index is 13.3. The molecule has 1 aromatic carbocycles. The molecular formula is C12H16F3NO. The minimum Gasteiger partial charge on any atom is -0.431 e. The first-order valence-corrected chi connectivity index (χ1v) is 5.43. The van der Waals surface area contributed by atoms with Crippen LogP contribution >= 0.6 is 0 Å². The lowest BCUT2D eigenvalue weighted by atomic mass is 10.1. The fourth-order valence-electron chi connectivity index (χ4n) is 1.41. The van der Waals surface area contributed by atoms with Gasteiger partial charge in [0.25, 0.3) is 0 Å². The molecule has 1 aromatic rings. The monoisotopic (exact) mass is 247 g/mol. The highest BCUT2D eigenvalue weighted by Crippen LogP contribution is 2.24. The molecule has 0 unspecified atom stereocenters. The van der Waals surface area contributed by atoms with Crippen LogP contribution in [0.15, 0.2) is 18.2 Å². The van der Waals surface area contributed by atoms with Crippen molar-refractivity contribution in [3.8, 4) is 5.75 Å². The van der Waals surface area contributed by atoms with Crippen molar-refractivity contribution in [2.45, 2.75) is 27.0 Å². The number of alkyl halides is 2. The van der Waals surface area contributed by atoms with Gasteiger partial charge in [0.05, 0.1) is 0 Å². The molecule has 0 aliphatic rings. The predicted octanol–water partition coefficient (Wildman–Crippen LogP) is 3.17. The van der Waals surface area contributed by atoms with Crippen LogP contribution in [0.1, 0.15) is 19.4 Å². The van der Waals surface area contributed by atoms with E-state index in [4.69, 9.17) is 0 Å². The predicted molar refractivity (Wildman–Crippen MR) is 59.6 cm³/mol. The number of hydrogen-bond acceptors (Lipinski definition) is 2. The average molecular weight is 247 g/mol. The fraction of sp³-hybridized carbons (Fsp3) is 0.500. The molecule has 17 heavy (non-hydrogen) atoms. The van der Waals surface area contributed by atoms with Gasteiger partial charge in [-0.3, -0.25) is 0 Å². The van der Waals surface area contributed by atoms with Crippen molar-refractivity contribution in [1.29, 1.82) is 0 Å². The molecule has 0 heterocycles. The summed E-state index contributed by atoms with van der Waals surface area (Å²) in [6, 6.07) is 4.14. The van der Waals surface area contributed by atoms with Gasteiger partial charge in [-0.2, -0.15) is 8.78 Å². The highest BCUT2D eigenvalue weighted by Gasteiger charge is 2.14. The van der Waals surface area contributed by atoms with Crippen LogP contribution in [0, 0.1) is 11.7 Å². The standard InChI is InChI=1S/C12H16F3NO/c1-8(2)6-16-7-9-4-3-5-10(13)11(9)17-12(14)15/h3-5,8,12,16H,6-7H2,1-2H3. The van der Waals surface area contributed by atoms with Crippen LogP contribution in [0.3, 0.4) is 0 Å². The Labute approximate surface area is 98.8 Å². The summed E-state index contributed by atoms with van der Waals surface area (Å²) in [7, 11) is 0. The van der Waals surface area contributed by atoms with E-state index in [0.29, 0.717) is 18.0 Å². The van der Waals surface area contributed by atoms with Gasteiger partial charge in [0, 0.05) is 12.1 Å². The maximum Gasteiger partial charge on any atom is 0.387 e. The lowest BCUT2D eigenvalue weighted by Crippen LogP contribution is -2.20. The molecule has 5 heteroatoms. The van der Waals surface area contributed by atoms with Crippen molar-refractivity contribution in [3.05, 3.63) is 29.6 Å². The van der Waals surface area contributed by atoms with Crippen LogP contribution < -0.4 is 10.1 Å². The molecule has 1 rings (SSSR count). The van der Waals surface area contributed by atoms with Crippen molar-refractivity contribution >= 4 is 0 Å². The molecule has 0 aliphatic heterocycles. The van der Waals surface area contributed by atoms with E-state index in [1.165, 1.54) is 6.07 Å². The summed E-state index contributed by atoms with van der Waals surface area (Å²) in [5, 5.41) is 3.05. The topological polar surface area (TPSA) is 21.3 Å². The zero-order valence-corrected chi connectivity index (χ0v) is 9.84. The van der Waals surface area contributed by atoms with Crippen LogP contribution in [0.5, 0.6) is 5.75 Å². The molecule has 0 atom stereocenters. The summed E-state index contributed by atoms with van der Waals surface area (Å²) in [4.78, 5) is 0. The molecule has 0 amide bonds. The zero-order valence-electron chi connectivity index (χ0n) is 9.84. The van der Waals surface area contributed by atoms with Gasteiger partial charge in [-0.25, -0.2) is 4.39 Å². The van der Waals surface area contributed by atoms with Gasteiger partial charge in [0.1, 0.15) is 0 Å². The number of halogens is 3. The van der Waals surface area contributed by atoms with E-state index in [-0.39, 0.29) is 5.75 Å². The molecule has 0 saturated heterocycles. The molecule has 0 saturated carbocycles. The molecule has 1 N–H and O–H groups in total. The summed E-state index contributed by atoms with van der Waals surface area (Å²) >= 11 is 0. The van der Waals surface area contributed by atoms with E-state index in [1.807, 2.05) is 13.8 Å². The normalized spacial score (nSPS) is 11.2. The Balaban J connectivity index is 2.72. The Kier molecular flexibility index (Phi) is 5.28. The van der Waals surface area contributed by atoms with Gasteiger partial charge in [-0.15, -0.1) is 0 Å². The van der Waals surface area contributed by atoms with Gasteiger partial charge >= 0.3 is 6.61 Å². The van der Waals surface area contributed by atoms with Crippen molar-refractivity contribution in [1.82, 2.24) is 5.32 Å². The molecule has 0 aromatic heterocycles. The number of benzene rings is 1.